The highest BCUT2D eigenvalue weighted by atomic mass is 32.1. The van der Waals surface area contributed by atoms with Crippen molar-refractivity contribution in [1.82, 2.24) is 25.0 Å². The molecule has 0 radical (unpaired) electrons. The maximum Gasteiger partial charge on any atom is 0.193 e. The number of hydrogen-bond donors (Lipinski definition) is 1. The largest absolute Gasteiger partial charge is 0.356 e. The molecule has 7 heteroatoms. The summed E-state index contributed by atoms with van der Waals surface area (Å²) in [6, 6.07) is 10.1. The maximum absolute atomic E-state index is 4.76. The lowest BCUT2D eigenvalue weighted by Crippen LogP contribution is -2.39. The van der Waals surface area contributed by atoms with Gasteiger partial charge in [-0.2, -0.15) is 5.10 Å². The molecule has 6 nitrogen and oxygen atoms in total. The Balaban J connectivity index is 1.52. The van der Waals surface area contributed by atoms with E-state index in [1.54, 1.807) is 11.3 Å². The number of nitrogens with zero attached hydrogens (tertiary/aromatic N) is 5. The zero-order valence-corrected chi connectivity index (χ0v) is 18.7. The van der Waals surface area contributed by atoms with Gasteiger partial charge in [-0.25, -0.2) is 9.67 Å². The smallest absolute Gasteiger partial charge is 0.193 e. The summed E-state index contributed by atoms with van der Waals surface area (Å²) in [4.78, 5) is 11.3. The van der Waals surface area contributed by atoms with Crippen LogP contribution in [0.4, 0.5) is 0 Å². The molecule has 0 fully saturated rings. The number of para-hydroxylation sites is 1. The van der Waals surface area contributed by atoms with Crippen molar-refractivity contribution in [3.63, 3.8) is 0 Å². The van der Waals surface area contributed by atoms with E-state index in [1.807, 2.05) is 55.3 Å². The number of aliphatic imine (C=N–C) groups is 1. The van der Waals surface area contributed by atoms with E-state index in [0.717, 1.165) is 47.4 Å². The Hall–Kier alpha value is -2.67. The van der Waals surface area contributed by atoms with E-state index < -0.39 is 0 Å². The molecule has 0 aliphatic rings. The van der Waals surface area contributed by atoms with Crippen LogP contribution in [0.25, 0.3) is 5.69 Å². The summed E-state index contributed by atoms with van der Waals surface area (Å²) in [5.41, 5.74) is 3.45. The third-order valence-electron chi connectivity index (χ3n) is 4.59. The van der Waals surface area contributed by atoms with E-state index in [9.17, 15) is 0 Å². The number of thiazole rings is 1. The summed E-state index contributed by atoms with van der Waals surface area (Å²) in [5.74, 6) is 0.866. The van der Waals surface area contributed by atoms with E-state index in [1.165, 1.54) is 0 Å². The number of hydrogen-bond acceptors (Lipinski definition) is 4. The van der Waals surface area contributed by atoms with Crippen LogP contribution >= 0.6 is 11.3 Å². The number of aromatic nitrogens is 3. The molecule has 1 aromatic carbocycles. The SMILES string of the molecule is CN=C(NCCc1nc(C(C)(C)C)cs1)N(C)Cc1cnn(-c2ccccc2)c1. The average molecular weight is 411 g/mol. The lowest BCUT2D eigenvalue weighted by atomic mass is 9.93. The topological polar surface area (TPSA) is 58.3 Å². The van der Waals surface area contributed by atoms with Gasteiger partial charge in [0.15, 0.2) is 5.96 Å². The van der Waals surface area contributed by atoms with Gasteiger partial charge < -0.3 is 10.2 Å². The molecule has 0 unspecified atom stereocenters. The molecule has 0 aliphatic heterocycles. The molecule has 154 valence electrons. The van der Waals surface area contributed by atoms with Crippen LogP contribution in [0.3, 0.4) is 0 Å². The van der Waals surface area contributed by atoms with Crippen LogP contribution in [-0.4, -0.2) is 46.3 Å². The van der Waals surface area contributed by atoms with Crippen molar-refractivity contribution in [1.29, 1.82) is 0 Å². The van der Waals surface area contributed by atoms with Gasteiger partial charge in [0.05, 0.1) is 22.6 Å². The molecule has 0 spiro atoms. The highest BCUT2D eigenvalue weighted by Gasteiger charge is 2.17. The van der Waals surface area contributed by atoms with Gasteiger partial charge in [-0.15, -0.1) is 11.3 Å². The molecule has 3 rings (SSSR count). The summed E-state index contributed by atoms with van der Waals surface area (Å²) >= 11 is 1.73. The maximum atomic E-state index is 4.76. The van der Waals surface area contributed by atoms with Crippen LogP contribution in [0.15, 0.2) is 53.1 Å². The molecule has 0 atom stereocenters. The Bertz CT molecular complexity index is 936. The fourth-order valence-electron chi connectivity index (χ4n) is 2.95. The summed E-state index contributed by atoms with van der Waals surface area (Å²) in [6.07, 6.45) is 4.85. The van der Waals surface area contributed by atoms with Crippen LogP contribution in [0, 0.1) is 0 Å². The third kappa shape index (κ3) is 5.67. The van der Waals surface area contributed by atoms with Gasteiger partial charge in [0.1, 0.15) is 0 Å². The zero-order valence-electron chi connectivity index (χ0n) is 17.9. The Morgan fingerprint density at radius 2 is 2.00 bits per heavy atom. The molecule has 2 aromatic heterocycles. The minimum absolute atomic E-state index is 0.0998. The number of rotatable bonds is 6. The highest BCUT2D eigenvalue weighted by Crippen LogP contribution is 2.23. The quantitative estimate of drug-likeness (QED) is 0.495. The molecule has 0 amide bonds. The first-order valence-corrected chi connectivity index (χ1v) is 10.7. The van der Waals surface area contributed by atoms with Gasteiger partial charge in [-0.05, 0) is 12.1 Å². The standard InChI is InChI=1S/C22H30N6S/c1-22(2,3)19-16-29-20(26-19)11-12-24-21(23-4)27(5)14-17-13-25-28(15-17)18-9-7-6-8-10-18/h6-10,13,15-16H,11-12,14H2,1-5H3,(H,23,24). The number of nitrogens with one attached hydrogen (secondary N) is 1. The monoisotopic (exact) mass is 410 g/mol. The second-order valence-corrected chi connectivity index (χ2v) is 9.03. The number of benzene rings is 1. The summed E-state index contributed by atoms with van der Waals surface area (Å²) in [6.45, 7) is 8.12. The van der Waals surface area contributed by atoms with Crippen molar-refractivity contribution >= 4 is 17.3 Å². The van der Waals surface area contributed by atoms with Gasteiger partial charge >= 0.3 is 0 Å². The normalized spacial score (nSPS) is 12.2. The van der Waals surface area contributed by atoms with Crippen molar-refractivity contribution in [2.75, 3.05) is 20.6 Å². The van der Waals surface area contributed by atoms with E-state index in [0.29, 0.717) is 0 Å². The van der Waals surface area contributed by atoms with Crippen molar-refractivity contribution in [2.45, 2.75) is 39.2 Å². The van der Waals surface area contributed by atoms with Gasteiger partial charge in [-0.3, -0.25) is 4.99 Å². The second-order valence-electron chi connectivity index (χ2n) is 8.09. The van der Waals surface area contributed by atoms with E-state index in [-0.39, 0.29) is 5.41 Å². The number of guanidine groups is 1. The molecule has 3 aromatic rings. The Morgan fingerprint density at radius 1 is 1.24 bits per heavy atom. The molecule has 0 aliphatic carbocycles. The molecule has 0 bridgehead atoms. The molecule has 0 saturated heterocycles. The molecule has 2 heterocycles. The van der Waals surface area contributed by atoms with Gasteiger partial charge in [0.2, 0.25) is 0 Å². The van der Waals surface area contributed by atoms with Crippen molar-refractivity contribution < 1.29 is 0 Å². The molecule has 1 N–H and O–H groups in total. The minimum atomic E-state index is 0.0998. The van der Waals surface area contributed by atoms with Crippen LogP contribution in [0.2, 0.25) is 0 Å². The third-order valence-corrected chi connectivity index (χ3v) is 5.50. The fourth-order valence-corrected chi connectivity index (χ4v) is 3.97. The Labute approximate surface area is 177 Å². The van der Waals surface area contributed by atoms with Gasteiger partial charge in [-0.1, -0.05) is 39.0 Å². The summed E-state index contributed by atoms with van der Waals surface area (Å²) in [5, 5.41) is 11.2. The summed E-state index contributed by atoms with van der Waals surface area (Å²) in [7, 11) is 3.85. The second kappa shape index (κ2) is 9.22. The van der Waals surface area contributed by atoms with Crippen LogP contribution in [0.5, 0.6) is 0 Å². The molecule has 0 saturated carbocycles. The Morgan fingerprint density at radius 3 is 2.66 bits per heavy atom. The van der Waals surface area contributed by atoms with Crippen molar-refractivity contribution in [3.05, 3.63) is 64.4 Å². The van der Waals surface area contributed by atoms with Crippen molar-refractivity contribution in [3.8, 4) is 5.69 Å². The van der Waals surface area contributed by atoms with Gasteiger partial charge in [0.25, 0.3) is 0 Å². The first-order chi connectivity index (χ1) is 13.9. The van der Waals surface area contributed by atoms with E-state index in [2.05, 4.69) is 52.7 Å². The summed E-state index contributed by atoms with van der Waals surface area (Å²) < 4.78 is 1.90. The highest BCUT2D eigenvalue weighted by molar-refractivity contribution is 7.09. The predicted molar refractivity (Wildman–Crippen MR) is 121 cm³/mol. The van der Waals surface area contributed by atoms with Gasteiger partial charge in [0, 0.05) is 56.2 Å². The fraction of sp³-hybridized carbons (Fsp3) is 0.409. The zero-order chi connectivity index (χ0) is 20.9. The van der Waals surface area contributed by atoms with E-state index >= 15 is 0 Å². The first-order valence-electron chi connectivity index (χ1n) is 9.82. The molecular formula is C22H30N6S. The minimum Gasteiger partial charge on any atom is -0.356 e. The average Bonchev–Trinajstić information content (AvgIpc) is 3.35. The van der Waals surface area contributed by atoms with Crippen LogP contribution < -0.4 is 5.32 Å². The lowest BCUT2D eigenvalue weighted by molar-refractivity contribution is 0.477. The first kappa shape index (κ1) is 21.0. The molecular weight excluding hydrogens is 380 g/mol. The van der Waals surface area contributed by atoms with Crippen LogP contribution in [0.1, 0.15) is 37.0 Å². The molecule has 29 heavy (non-hydrogen) atoms. The van der Waals surface area contributed by atoms with E-state index in [4.69, 9.17) is 4.98 Å². The predicted octanol–water partition coefficient (Wildman–Crippen LogP) is 3.88. The van der Waals surface area contributed by atoms with Crippen LogP contribution in [-0.2, 0) is 18.4 Å². The van der Waals surface area contributed by atoms with Crippen molar-refractivity contribution in [2.24, 2.45) is 4.99 Å². The lowest BCUT2D eigenvalue weighted by Gasteiger charge is -2.21. The Kier molecular flexibility index (Phi) is 6.69.